The lowest BCUT2D eigenvalue weighted by atomic mass is 9.84. The summed E-state index contributed by atoms with van der Waals surface area (Å²) in [5, 5.41) is 18.5. The van der Waals surface area contributed by atoms with E-state index in [1.54, 1.807) is 6.07 Å². The summed E-state index contributed by atoms with van der Waals surface area (Å²) in [4.78, 5) is 11.5. The number of carboxylic acid groups (broad SMARTS) is 1. The van der Waals surface area contributed by atoms with Crippen molar-refractivity contribution in [1.29, 1.82) is 5.26 Å². The van der Waals surface area contributed by atoms with Crippen molar-refractivity contribution in [3.63, 3.8) is 0 Å². The van der Waals surface area contributed by atoms with Gasteiger partial charge in [0.05, 0.1) is 10.6 Å². The maximum Gasteiger partial charge on any atom is 0.348 e. The number of benzene rings is 1. The fourth-order valence-corrected chi connectivity index (χ4v) is 2.57. The summed E-state index contributed by atoms with van der Waals surface area (Å²) in [6.07, 6.45) is 3.72. The van der Waals surface area contributed by atoms with Gasteiger partial charge in [-0.3, -0.25) is 0 Å². The zero-order valence-electron chi connectivity index (χ0n) is 10.4. The quantitative estimate of drug-likeness (QED) is 0.921. The first-order valence-corrected chi connectivity index (χ1v) is 6.57. The molecule has 1 aromatic rings. The lowest BCUT2D eigenvalue weighted by molar-refractivity contribution is -0.158. The number of nitrogens with zero attached hydrogens (tertiary/aromatic N) is 1. The summed E-state index contributed by atoms with van der Waals surface area (Å²) in [6.45, 7) is 0. The molecule has 1 aliphatic rings. The maximum atomic E-state index is 11.5. The molecular weight excluding hydrogens is 266 g/mol. The molecule has 1 aliphatic carbocycles. The topological polar surface area (TPSA) is 70.3 Å². The van der Waals surface area contributed by atoms with E-state index in [1.807, 2.05) is 6.07 Å². The van der Waals surface area contributed by atoms with Crippen molar-refractivity contribution < 1.29 is 14.6 Å². The average Bonchev–Trinajstić information content (AvgIpc) is 2.40. The van der Waals surface area contributed by atoms with E-state index >= 15 is 0 Å². The van der Waals surface area contributed by atoms with Crippen molar-refractivity contribution in [3.8, 4) is 11.8 Å². The van der Waals surface area contributed by atoms with Gasteiger partial charge >= 0.3 is 5.97 Å². The third kappa shape index (κ3) is 2.82. The highest BCUT2D eigenvalue weighted by Crippen LogP contribution is 2.34. The maximum absolute atomic E-state index is 11.5. The van der Waals surface area contributed by atoms with Crippen LogP contribution < -0.4 is 4.74 Å². The van der Waals surface area contributed by atoms with Crippen LogP contribution in [0.1, 0.15) is 37.7 Å². The van der Waals surface area contributed by atoms with Crippen LogP contribution in [0.4, 0.5) is 0 Å². The molecule has 0 amide bonds. The first-order chi connectivity index (χ1) is 9.07. The SMILES string of the molecule is N#Cc1ccc(OC2(C(=O)O)CCCCC2)cc1Cl. The molecule has 4 nitrogen and oxygen atoms in total. The van der Waals surface area contributed by atoms with E-state index in [2.05, 4.69) is 0 Å². The molecule has 0 aromatic heterocycles. The van der Waals surface area contributed by atoms with Crippen molar-refractivity contribution in [2.45, 2.75) is 37.7 Å². The van der Waals surface area contributed by atoms with Gasteiger partial charge in [-0.2, -0.15) is 5.26 Å². The minimum absolute atomic E-state index is 0.274. The minimum atomic E-state index is -1.16. The highest BCUT2D eigenvalue weighted by atomic mass is 35.5. The van der Waals surface area contributed by atoms with Crippen LogP contribution in [0.2, 0.25) is 5.02 Å². The Kier molecular flexibility index (Phi) is 3.96. The fourth-order valence-electron chi connectivity index (χ4n) is 2.36. The third-order valence-electron chi connectivity index (χ3n) is 3.43. The number of carboxylic acids is 1. The molecule has 1 saturated carbocycles. The molecule has 1 N–H and O–H groups in total. The van der Waals surface area contributed by atoms with Crippen LogP contribution in [-0.2, 0) is 4.79 Å². The normalized spacial score (nSPS) is 17.5. The molecule has 0 bridgehead atoms. The Balaban J connectivity index is 2.25. The standard InChI is InChI=1S/C14H14ClNO3/c15-12-8-11(5-4-10(12)9-16)19-14(13(17)18)6-2-1-3-7-14/h4-5,8H,1-3,6-7H2,(H,17,18). The van der Waals surface area contributed by atoms with Gasteiger partial charge < -0.3 is 9.84 Å². The molecule has 0 saturated heterocycles. The predicted octanol–water partition coefficient (Wildman–Crippen LogP) is 3.38. The molecule has 0 unspecified atom stereocenters. The van der Waals surface area contributed by atoms with Gasteiger partial charge in [-0.15, -0.1) is 0 Å². The molecule has 2 rings (SSSR count). The van der Waals surface area contributed by atoms with Crippen molar-refractivity contribution in [1.82, 2.24) is 0 Å². The van der Waals surface area contributed by atoms with Gasteiger partial charge in [0.25, 0.3) is 0 Å². The molecule has 5 heteroatoms. The summed E-state index contributed by atoms with van der Waals surface area (Å²) >= 11 is 5.92. The summed E-state index contributed by atoms with van der Waals surface area (Å²) < 4.78 is 5.69. The van der Waals surface area contributed by atoms with E-state index in [-0.39, 0.29) is 5.02 Å². The number of aliphatic carboxylic acids is 1. The van der Waals surface area contributed by atoms with Gasteiger partial charge in [0, 0.05) is 6.07 Å². The molecule has 100 valence electrons. The minimum Gasteiger partial charge on any atom is -0.478 e. The highest BCUT2D eigenvalue weighted by molar-refractivity contribution is 6.31. The van der Waals surface area contributed by atoms with E-state index in [0.717, 1.165) is 19.3 Å². The summed E-state index contributed by atoms with van der Waals surface area (Å²) in [7, 11) is 0. The third-order valence-corrected chi connectivity index (χ3v) is 3.74. The van der Waals surface area contributed by atoms with Crippen molar-refractivity contribution in [2.75, 3.05) is 0 Å². The molecular formula is C14H14ClNO3. The number of hydrogen-bond acceptors (Lipinski definition) is 3. The molecule has 0 atom stereocenters. The van der Waals surface area contributed by atoms with Crippen LogP contribution in [0.5, 0.6) is 5.75 Å². The van der Waals surface area contributed by atoms with Gasteiger partial charge in [0.15, 0.2) is 0 Å². The van der Waals surface area contributed by atoms with Crippen molar-refractivity contribution in [3.05, 3.63) is 28.8 Å². The number of hydrogen-bond donors (Lipinski definition) is 1. The van der Waals surface area contributed by atoms with Crippen molar-refractivity contribution >= 4 is 17.6 Å². The van der Waals surface area contributed by atoms with Crippen LogP contribution in [0, 0.1) is 11.3 Å². The van der Waals surface area contributed by atoms with Gasteiger partial charge in [-0.05, 0) is 37.8 Å². The fraction of sp³-hybridized carbons (Fsp3) is 0.429. The van der Waals surface area contributed by atoms with Crippen LogP contribution in [0.25, 0.3) is 0 Å². The van der Waals surface area contributed by atoms with Gasteiger partial charge in [0.2, 0.25) is 5.60 Å². The predicted molar refractivity (Wildman–Crippen MR) is 70.2 cm³/mol. The van der Waals surface area contributed by atoms with Gasteiger partial charge in [-0.25, -0.2) is 4.79 Å². The Morgan fingerprint density at radius 2 is 2.05 bits per heavy atom. The highest BCUT2D eigenvalue weighted by Gasteiger charge is 2.42. The number of nitriles is 1. The molecule has 19 heavy (non-hydrogen) atoms. The summed E-state index contributed by atoms with van der Waals surface area (Å²) in [6, 6.07) is 6.58. The van der Waals surface area contributed by atoms with E-state index in [0.29, 0.717) is 24.2 Å². The van der Waals surface area contributed by atoms with E-state index < -0.39 is 11.6 Å². The zero-order valence-corrected chi connectivity index (χ0v) is 11.1. The molecule has 1 aromatic carbocycles. The zero-order chi connectivity index (χ0) is 13.9. The van der Waals surface area contributed by atoms with Crippen LogP contribution >= 0.6 is 11.6 Å². The molecule has 1 fully saturated rings. The number of halogens is 1. The number of rotatable bonds is 3. The number of ether oxygens (including phenoxy) is 1. The lowest BCUT2D eigenvalue weighted by Gasteiger charge is -2.33. The van der Waals surface area contributed by atoms with Crippen LogP contribution in [0.15, 0.2) is 18.2 Å². The van der Waals surface area contributed by atoms with E-state index in [4.69, 9.17) is 21.6 Å². The Morgan fingerprint density at radius 1 is 1.37 bits per heavy atom. The Bertz CT molecular complexity index is 530. The number of carbonyl (C=O) groups is 1. The van der Waals surface area contributed by atoms with Crippen LogP contribution in [0.3, 0.4) is 0 Å². The van der Waals surface area contributed by atoms with Gasteiger partial charge in [0.1, 0.15) is 11.8 Å². The molecule has 0 heterocycles. The van der Waals surface area contributed by atoms with Gasteiger partial charge in [-0.1, -0.05) is 18.0 Å². The summed E-state index contributed by atoms with van der Waals surface area (Å²) in [5.41, 5.74) is -0.808. The van der Waals surface area contributed by atoms with Crippen molar-refractivity contribution in [2.24, 2.45) is 0 Å². The Labute approximate surface area is 116 Å². The lowest BCUT2D eigenvalue weighted by Crippen LogP contribution is -2.46. The first kappa shape index (κ1) is 13.7. The Morgan fingerprint density at radius 3 is 2.58 bits per heavy atom. The van der Waals surface area contributed by atoms with E-state index in [9.17, 15) is 9.90 Å². The monoisotopic (exact) mass is 279 g/mol. The largest absolute Gasteiger partial charge is 0.478 e. The summed E-state index contributed by atoms with van der Waals surface area (Å²) in [5.74, 6) is -0.541. The second kappa shape index (κ2) is 5.50. The van der Waals surface area contributed by atoms with E-state index in [1.165, 1.54) is 12.1 Å². The Hall–Kier alpha value is -1.73. The molecule has 0 spiro atoms. The molecule has 0 radical (unpaired) electrons. The smallest absolute Gasteiger partial charge is 0.348 e. The second-order valence-electron chi connectivity index (χ2n) is 4.72. The molecule has 0 aliphatic heterocycles. The first-order valence-electron chi connectivity index (χ1n) is 6.19. The van der Waals surface area contributed by atoms with Crippen LogP contribution in [-0.4, -0.2) is 16.7 Å². The second-order valence-corrected chi connectivity index (χ2v) is 5.12. The average molecular weight is 280 g/mol.